The number of amides is 1. The van der Waals surface area contributed by atoms with E-state index in [9.17, 15) is 4.79 Å². The highest BCUT2D eigenvalue weighted by Crippen LogP contribution is 2.09. The van der Waals surface area contributed by atoms with Crippen LogP contribution in [-0.4, -0.2) is 48.1 Å². The second kappa shape index (κ2) is 5.15. The minimum atomic E-state index is -0.150. The van der Waals surface area contributed by atoms with Crippen molar-refractivity contribution < 1.29 is 4.79 Å². The Morgan fingerprint density at radius 2 is 2.12 bits per heavy atom. The summed E-state index contributed by atoms with van der Waals surface area (Å²) in [6, 6.07) is 0.380. The largest absolute Gasteiger partial charge is 0.350 e. The van der Waals surface area contributed by atoms with Crippen molar-refractivity contribution in [3.05, 3.63) is 0 Å². The van der Waals surface area contributed by atoms with Crippen LogP contribution >= 0.6 is 0 Å². The fourth-order valence-corrected chi connectivity index (χ4v) is 2.06. The Kier molecular flexibility index (Phi) is 4.33. The van der Waals surface area contributed by atoms with E-state index in [1.54, 1.807) is 0 Å². The Morgan fingerprint density at radius 1 is 1.50 bits per heavy atom. The molecule has 2 atom stereocenters. The number of nitrogens with zero attached hydrogens (tertiary/aromatic N) is 1. The Labute approximate surface area is 98.8 Å². The molecule has 0 aromatic heterocycles. The summed E-state index contributed by atoms with van der Waals surface area (Å²) < 4.78 is 0. The summed E-state index contributed by atoms with van der Waals surface area (Å²) in [5, 5.41) is 6.37. The molecule has 1 unspecified atom stereocenters. The molecular weight excluding hydrogens is 202 g/mol. The number of carbonyl (C=O) groups is 1. The molecule has 94 valence electrons. The lowest BCUT2D eigenvalue weighted by Gasteiger charge is -2.38. The van der Waals surface area contributed by atoms with Crippen LogP contribution in [0.2, 0.25) is 0 Å². The van der Waals surface area contributed by atoms with Gasteiger partial charge in [-0.2, -0.15) is 0 Å². The summed E-state index contributed by atoms with van der Waals surface area (Å²) in [6.07, 6.45) is 0. The normalized spacial score (nSPS) is 25.2. The van der Waals surface area contributed by atoms with E-state index in [-0.39, 0.29) is 17.5 Å². The topological polar surface area (TPSA) is 44.4 Å². The number of carbonyl (C=O) groups excluding carboxylic acids is 1. The minimum Gasteiger partial charge on any atom is -0.350 e. The third-order valence-corrected chi connectivity index (χ3v) is 2.93. The number of hydrogen-bond acceptors (Lipinski definition) is 3. The molecule has 1 rings (SSSR count). The molecule has 1 heterocycles. The molecule has 16 heavy (non-hydrogen) atoms. The molecule has 1 aliphatic rings. The molecule has 0 bridgehead atoms. The summed E-state index contributed by atoms with van der Waals surface area (Å²) in [4.78, 5) is 14.3. The first kappa shape index (κ1) is 13.5. The van der Waals surface area contributed by atoms with E-state index < -0.39 is 0 Å². The van der Waals surface area contributed by atoms with Crippen molar-refractivity contribution in [3.63, 3.8) is 0 Å². The fourth-order valence-electron chi connectivity index (χ4n) is 2.06. The number of rotatable bonds is 2. The average molecular weight is 227 g/mol. The van der Waals surface area contributed by atoms with Gasteiger partial charge in [0.2, 0.25) is 5.91 Å². The summed E-state index contributed by atoms with van der Waals surface area (Å²) >= 11 is 0. The van der Waals surface area contributed by atoms with Crippen molar-refractivity contribution in [3.8, 4) is 0 Å². The highest BCUT2D eigenvalue weighted by molar-refractivity contribution is 5.82. The molecule has 0 aromatic rings. The predicted molar refractivity (Wildman–Crippen MR) is 66.4 cm³/mol. The van der Waals surface area contributed by atoms with Crippen molar-refractivity contribution in [2.75, 3.05) is 19.6 Å². The van der Waals surface area contributed by atoms with Crippen molar-refractivity contribution in [1.82, 2.24) is 15.5 Å². The third kappa shape index (κ3) is 3.76. The number of piperazine rings is 1. The van der Waals surface area contributed by atoms with E-state index in [1.165, 1.54) is 0 Å². The molecule has 1 aliphatic heterocycles. The van der Waals surface area contributed by atoms with Crippen LogP contribution in [0.3, 0.4) is 0 Å². The van der Waals surface area contributed by atoms with Gasteiger partial charge in [-0.25, -0.2) is 0 Å². The quantitative estimate of drug-likeness (QED) is 0.725. The summed E-state index contributed by atoms with van der Waals surface area (Å²) in [6.45, 7) is 13.1. The second-order valence-corrected chi connectivity index (χ2v) is 5.71. The lowest BCUT2D eigenvalue weighted by atomic mass is 10.1. The van der Waals surface area contributed by atoms with Gasteiger partial charge in [0.15, 0.2) is 0 Å². The molecule has 0 aliphatic carbocycles. The Morgan fingerprint density at radius 3 is 2.62 bits per heavy atom. The SMILES string of the molecule is CC(C(=O)NC(C)(C)C)N1CCNC[C@H]1C. The van der Waals surface area contributed by atoms with Gasteiger partial charge in [0.1, 0.15) is 0 Å². The minimum absolute atomic E-state index is 0.0451. The maximum atomic E-state index is 12.0. The van der Waals surface area contributed by atoms with Crippen LogP contribution < -0.4 is 10.6 Å². The van der Waals surface area contributed by atoms with E-state index in [2.05, 4.69) is 22.5 Å². The molecule has 1 saturated heterocycles. The Hall–Kier alpha value is -0.610. The number of hydrogen-bond donors (Lipinski definition) is 2. The van der Waals surface area contributed by atoms with Gasteiger partial charge < -0.3 is 10.6 Å². The lowest BCUT2D eigenvalue weighted by Crippen LogP contribution is -2.58. The first-order valence-corrected chi connectivity index (χ1v) is 6.10. The smallest absolute Gasteiger partial charge is 0.237 e. The van der Waals surface area contributed by atoms with E-state index >= 15 is 0 Å². The Balaban J connectivity index is 2.55. The van der Waals surface area contributed by atoms with Crippen LogP contribution in [0, 0.1) is 0 Å². The summed E-state index contributed by atoms with van der Waals surface area (Å²) in [7, 11) is 0. The predicted octanol–water partition coefficient (Wildman–Crippen LogP) is 0.583. The fraction of sp³-hybridized carbons (Fsp3) is 0.917. The van der Waals surface area contributed by atoms with Gasteiger partial charge in [-0.15, -0.1) is 0 Å². The zero-order valence-electron chi connectivity index (χ0n) is 11.1. The average Bonchev–Trinajstić information content (AvgIpc) is 2.15. The van der Waals surface area contributed by atoms with Crippen LogP contribution in [0.15, 0.2) is 0 Å². The van der Waals surface area contributed by atoms with Gasteiger partial charge in [-0.05, 0) is 34.6 Å². The van der Waals surface area contributed by atoms with Crippen LogP contribution in [0.1, 0.15) is 34.6 Å². The highest BCUT2D eigenvalue weighted by atomic mass is 16.2. The zero-order valence-corrected chi connectivity index (χ0v) is 11.1. The van der Waals surface area contributed by atoms with E-state index in [0.29, 0.717) is 6.04 Å². The zero-order chi connectivity index (χ0) is 12.3. The van der Waals surface area contributed by atoms with E-state index in [1.807, 2.05) is 27.7 Å². The van der Waals surface area contributed by atoms with Crippen molar-refractivity contribution in [1.29, 1.82) is 0 Å². The molecule has 0 saturated carbocycles. The van der Waals surface area contributed by atoms with Crippen LogP contribution in [-0.2, 0) is 4.79 Å². The highest BCUT2D eigenvalue weighted by Gasteiger charge is 2.29. The third-order valence-electron chi connectivity index (χ3n) is 2.93. The first-order valence-electron chi connectivity index (χ1n) is 6.10. The van der Waals surface area contributed by atoms with Crippen molar-refractivity contribution >= 4 is 5.91 Å². The van der Waals surface area contributed by atoms with Crippen LogP contribution in [0.4, 0.5) is 0 Å². The van der Waals surface area contributed by atoms with Gasteiger partial charge in [0.25, 0.3) is 0 Å². The molecule has 0 spiro atoms. The van der Waals surface area contributed by atoms with E-state index in [4.69, 9.17) is 0 Å². The van der Waals surface area contributed by atoms with Crippen LogP contribution in [0.25, 0.3) is 0 Å². The van der Waals surface area contributed by atoms with Crippen molar-refractivity contribution in [2.24, 2.45) is 0 Å². The summed E-state index contributed by atoms with van der Waals surface area (Å²) in [5.74, 6) is 0.126. The molecule has 1 amide bonds. The van der Waals surface area contributed by atoms with E-state index in [0.717, 1.165) is 19.6 Å². The molecule has 0 aromatic carbocycles. The van der Waals surface area contributed by atoms with Gasteiger partial charge in [-0.1, -0.05) is 0 Å². The molecule has 2 N–H and O–H groups in total. The van der Waals surface area contributed by atoms with Gasteiger partial charge >= 0.3 is 0 Å². The second-order valence-electron chi connectivity index (χ2n) is 5.71. The maximum Gasteiger partial charge on any atom is 0.237 e. The lowest BCUT2D eigenvalue weighted by molar-refractivity contribution is -0.128. The number of nitrogens with one attached hydrogen (secondary N) is 2. The molecule has 4 nitrogen and oxygen atoms in total. The van der Waals surface area contributed by atoms with Gasteiger partial charge in [0.05, 0.1) is 6.04 Å². The first-order chi connectivity index (χ1) is 7.31. The molecule has 0 radical (unpaired) electrons. The standard InChI is InChI=1S/C12H25N3O/c1-9-8-13-6-7-15(9)10(2)11(16)14-12(3,4)5/h9-10,13H,6-8H2,1-5H3,(H,14,16)/t9-,10?/m1/s1. The van der Waals surface area contributed by atoms with Gasteiger partial charge in [-0.3, -0.25) is 9.69 Å². The Bertz CT molecular complexity index is 247. The molecular formula is C12H25N3O. The monoisotopic (exact) mass is 227 g/mol. The molecule has 1 fully saturated rings. The maximum absolute atomic E-state index is 12.0. The molecule has 4 heteroatoms. The summed E-state index contributed by atoms with van der Waals surface area (Å²) in [5.41, 5.74) is -0.150. The van der Waals surface area contributed by atoms with Gasteiger partial charge in [0, 0.05) is 31.2 Å². The van der Waals surface area contributed by atoms with Crippen LogP contribution in [0.5, 0.6) is 0 Å². The van der Waals surface area contributed by atoms with Crippen molar-refractivity contribution in [2.45, 2.75) is 52.2 Å².